The lowest BCUT2D eigenvalue weighted by Gasteiger charge is -2.16. The van der Waals surface area contributed by atoms with Gasteiger partial charge in [-0.25, -0.2) is 0 Å². The molecule has 1 aliphatic heterocycles. The van der Waals surface area contributed by atoms with Crippen LogP contribution in [0.5, 0.6) is 0 Å². The van der Waals surface area contributed by atoms with Gasteiger partial charge in [-0.1, -0.05) is 50.6 Å². The fraction of sp³-hybridized carbons (Fsp3) is 0.526. The van der Waals surface area contributed by atoms with Gasteiger partial charge in [0.05, 0.1) is 12.3 Å². The van der Waals surface area contributed by atoms with Crippen molar-refractivity contribution in [1.82, 2.24) is 10.2 Å². The maximum Gasteiger partial charge on any atom is 0.289 e. The van der Waals surface area contributed by atoms with Crippen LogP contribution in [-0.2, 0) is 11.3 Å². The van der Waals surface area contributed by atoms with Crippen LogP contribution in [-0.4, -0.2) is 33.7 Å². The largest absolute Gasteiger partial charge is 0.350 e. The van der Waals surface area contributed by atoms with Gasteiger partial charge in [0.2, 0.25) is 5.91 Å². The molecule has 0 bridgehead atoms. The van der Waals surface area contributed by atoms with E-state index in [0.717, 1.165) is 36.6 Å². The lowest BCUT2D eigenvalue weighted by atomic mass is 10.0. The molecule has 0 aromatic heterocycles. The Morgan fingerprint density at radius 1 is 1.24 bits per heavy atom. The highest BCUT2D eigenvalue weighted by molar-refractivity contribution is 8.14. The fourth-order valence-corrected chi connectivity index (χ4v) is 3.46. The lowest BCUT2D eigenvalue weighted by molar-refractivity contribution is -0.125. The molecule has 3 amide bonds. The number of nitrogens with zero attached hydrogens (tertiary/aromatic N) is 1. The zero-order valence-corrected chi connectivity index (χ0v) is 15.9. The summed E-state index contributed by atoms with van der Waals surface area (Å²) < 4.78 is 0. The van der Waals surface area contributed by atoms with Gasteiger partial charge in [-0.05, 0) is 37.0 Å². The van der Waals surface area contributed by atoms with Crippen molar-refractivity contribution in [3.63, 3.8) is 0 Å². The van der Waals surface area contributed by atoms with Gasteiger partial charge >= 0.3 is 0 Å². The van der Waals surface area contributed by atoms with Gasteiger partial charge in [-0.15, -0.1) is 0 Å². The first-order valence-corrected chi connectivity index (χ1v) is 9.72. The summed E-state index contributed by atoms with van der Waals surface area (Å²) in [5, 5.41) is 2.79. The normalized spacial score (nSPS) is 15.8. The molecule has 0 spiro atoms. The number of rotatable bonds is 8. The van der Waals surface area contributed by atoms with Gasteiger partial charge in [0, 0.05) is 11.6 Å². The van der Waals surface area contributed by atoms with Crippen molar-refractivity contribution in [3.05, 3.63) is 35.4 Å². The summed E-state index contributed by atoms with van der Waals surface area (Å²) in [7, 11) is 0. The third-order valence-corrected chi connectivity index (χ3v) is 5.03. The summed E-state index contributed by atoms with van der Waals surface area (Å²) >= 11 is 1.02. The smallest absolute Gasteiger partial charge is 0.289 e. The Morgan fingerprint density at radius 3 is 2.64 bits per heavy atom. The Hall–Kier alpha value is -1.82. The molecular formula is C19H26N2O3S. The van der Waals surface area contributed by atoms with Gasteiger partial charge in [-0.2, -0.15) is 0 Å². The fourth-order valence-electron chi connectivity index (χ4n) is 2.74. The van der Waals surface area contributed by atoms with E-state index in [2.05, 4.69) is 19.2 Å². The summed E-state index contributed by atoms with van der Waals surface area (Å²) in [4.78, 5) is 37.0. The van der Waals surface area contributed by atoms with Gasteiger partial charge < -0.3 is 5.32 Å². The molecule has 0 aliphatic carbocycles. The zero-order chi connectivity index (χ0) is 18.4. The van der Waals surface area contributed by atoms with Crippen LogP contribution in [0, 0.1) is 5.92 Å². The minimum Gasteiger partial charge on any atom is -0.350 e. The van der Waals surface area contributed by atoms with E-state index in [1.54, 1.807) is 18.2 Å². The van der Waals surface area contributed by atoms with Crippen molar-refractivity contribution in [3.8, 4) is 0 Å². The predicted molar refractivity (Wildman–Crippen MR) is 100 cm³/mol. The second kappa shape index (κ2) is 9.04. The van der Waals surface area contributed by atoms with E-state index in [9.17, 15) is 14.4 Å². The molecule has 1 unspecified atom stereocenters. The molecule has 1 atom stereocenters. The quantitative estimate of drug-likeness (QED) is 0.763. The Morgan fingerprint density at radius 2 is 2.00 bits per heavy atom. The van der Waals surface area contributed by atoms with Crippen molar-refractivity contribution in [2.24, 2.45) is 5.92 Å². The molecule has 1 fully saturated rings. The number of amides is 3. The number of thioether (sulfide) groups is 1. The standard InChI is InChI=1S/C19H26N2O3S/c1-13(2)6-4-7-14(3)20-18(23)16-9-5-8-15(10-16)11-21-17(22)12-25-19(21)24/h5,8-10,13-14H,4,6-7,11-12H2,1-3H3,(H,20,23). The van der Waals surface area contributed by atoms with E-state index in [-0.39, 0.29) is 35.4 Å². The summed E-state index contributed by atoms with van der Waals surface area (Å²) in [6.07, 6.45) is 3.21. The van der Waals surface area contributed by atoms with Crippen LogP contribution in [0.3, 0.4) is 0 Å². The molecular weight excluding hydrogens is 336 g/mol. The Balaban J connectivity index is 1.92. The van der Waals surface area contributed by atoms with Crippen LogP contribution in [0.1, 0.15) is 56.0 Å². The predicted octanol–water partition coefficient (Wildman–Crippen LogP) is 3.83. The topological polar surface area (TPSA) is 66.5 Å². The molecule has 5 nitrogen and oxygen atoms in total. The summed E-state index contributed by atoms with van der Waals surface area (Å²) in [6.45, 7) is 6.63. The van der Waals surface area contributed by atoms with Crippen molar-refractivity contribution >= 4 is 28.8 Å². The highest BCUT2D eigenvalue weighted by atomic mass is 32.2. The van der Waals surface area contributed by atoms with Crippen LogP contribution in [0.2, 0.25) is 0 Å². The highest BCUT2D eigenvalue weighted by Crippen LogP contribution is 2.21. The van der Waals surface area contributed by atoms with Crippen molar-refractivity contribution in [2.75, 3.05) is 5.75 Å². The molecule has 0 radical (unpaired) electrons. The second-order valence-corrected chi connectivity index (χ2v) is 7.86. The number of hydrogen-bond acceptors (Lipinski definition) is 4. The van der Waals surface area contributed by atoms with Gasteiger partial charge in [-0.3, -0.25) is 19.3 Å². The highest BCUT2D eigenvalue weighted by Gasteiger charge is 2.29. The van der Waals surface area contributed by atoms with Gasteiger partial charge in [0.1, 0.15) is 0 Å². The molecule has 25 heavy (non-hydrogen) atoms. The van der Waals surface area contributed by atoms with Crippen LogP contribution < -0.4 is 5.32 Å². The van der Waals surface area contributed by atoms with Crippen LogP contribution in [0.25, 0.3) is 0 Å². The maximum atomic E-state index is 12.4. The molecule has 1 aromatic rings. The molecule has 136 valence electrons. The van der Waals surface area contributed by atoms with E-state index in [0.29, 0.717) is 11.5 Å². The summed E-state index contributed by atoms with van der Waals surface area (Å²) in [6, 6.07) is 7.23. The van der Waals surface area contributed by atoms with Crippen LogP contribution in [0.4, 0.5) is 4.79 Å². The molecule has 1 aromatic carbocycles. The Kier molecular flexibility index (Phi) is 7.05. The molecule has 1 saturated heterocycles. The number of nitrogens with one attached hydrogen (secondary N) is 1. The van der Waals surface area contributed by atoms with Crippen LogP contribution >= 0.6 is 11.8 Å². The van der Waals surface area contributed by atoms with E-state index in [4.69, 9.17) is 0 Å². The van der Waals surface area contributed by atoms with Gasteiger partial charge in [0.15, 0.2) is 0 Å². The lowest BCUT2D eigenvalue weighted by Crippen LogP contribution is -2.32. The summed E-state index contributed by atoms with van der Waals surface area (Å²) in [5.74, 6) is 0.581. The van der Waals surface area contributed by atoms with Crippen molar-refractivity contribution in [1.29, 1.82) is 0 Å². The molecule has 0 saturated carbocycles. The third-order valence-electron chi connectivity index (χ3n) is 4.17. The average molecular weight is 362 g/mol. The minimum atomic E-state index is -0.223. The monoisotopic (exact) mass is 362 g/mol. The molecule has 2 rings (SSSR count). The third kappa shape index (κ3) is 5.88. The molecule has 1 N–H and O–H groups in total. The van der Waals surface area contributed by atoms with Crippen molar-refractivity contribution in [2.45, 2.75) is 52.6 Å². The second-order valence-electron chi connectivity index (χ2n) is 6.93. The molecule has 6 heteroatoms. The maximum absolute atomic E-state index is 12.4. The number of imide groups is 1. The number of hydrogen-bond donors (Lipinski definition) is 1. The van der Waals surface area contributed by atoms with E-state index in [1.807, 2.05) is 13.0 Å². The minimum absolute atomic E-state index is 0.118. The van der Waals surface area contributed by atoms with Gasteiger partial charge in [0.25, 0.3) is 11.1 Å². The average Bonchev–Trinajstić information content (AvgIpc) is 2.86. The SMILES string of the molecule is CC(C)CCCC(C)NC(=O)c1cccc(CN2C(=O)CSC2=O)c1. The summed E-state index contributed by atoms with van der Waals surface area (Å²) in [5.41, 5.74) is 1.34. The van der Waals surface area contributed by atoms with E-state index < -0.39 is 0 Å². The van der Waals surface area contributed by atoms with Crippen molar-refractivity contribution < 1.29 is 14.4 Å². The first-order valence-electron chi connectivity index (χ1n) is 8.73. The zero-order valence-electron chi connectivity index (χ0n) is 15.1. The van der Waals surface area contributed by atoms with E-state index >= 15 is 0 Å². The first-order chi connectivity index (χ1) is 11.9. The number of carbonyl (C=O) groups is 3. The first kappa shape index (κ1) is 19.5. The molecule has 1 aliphatic rings. The van der Waals surface area contributed by atoms with Crippen LogP contribution in [0.15, 0.2) is 24.3 Å². The number of carbonyl (C=O) groups excluding carboxylic acids is 3. The molecule has 1 heterocycles. The Labute approximate surface area is 153 Å². The van der Waals surface area contributed by atoms with E-state index in [1.165, 1.54) is 4.90 Å². The number of benzene rings is 1. The Bertz CT molecular complexity index is 629.